The van der Waals surface area contributed by atoms with Crippen molar-refractivity contribution in [3.63, 3.8) is 0 Å². The number of nitrogens with zero attached hydrogens (tertiary/aromatic N) is 2. The highest BCUT2D eigenvalue weighted by atomic mass is 32.2. The lowest BCUT2D eigenvalue weighted by molar-refractivity contribution is 0.355. The third-order valence-corrected chi connectivity index (χ3v) is 5.34. The summed E-state index contributed by atoms with van der Waals surface area (Å²) >= 11 is 0. The van der Waals surface area contributed by atoms with Gasteiger partial charge < -0.3 is 14.6 Å². The van der Waals surface area contributed by atoms with Gasteiger partial charge in [-0.25, -0.2) is 8.42 Å². The fourth-order valence-corrected chi connectivity index (χ4v) is 3.87. The first-order valence-corrected chi connectivity index (χ1v) is 8.65. The molecule has 0 aromatic carbocycles. The molecule has 0 aliphatic rings. The van der Waals surface area contributed by atoms with E-state index in [1.165, 1.54) is 4.31 Å². The molecule has 1 heterocycles. The van der Waals surface area contributed by atoms with Gasteiger partial charge in [-0.1, -0.05) is 6.92 Å². The van der Waals surface area contributed by atoms with Crippen LogP contribution in [0.1, 0.15) is 24.9 Å². The van der Waals surface area contributed by atoms with Crippen molar-refractivity contribution in [3.05, 3.63) is 17.6 Å². The van der Waals surface area contributed by atoms with Crippen LogP contribution in [0.3, 0.4) is 0 Å². The number of nitrogens with one attached hydrogen (secondary N) is 1. The van der Waals surface area contributed by atoms with E-state index < -0.39 is 10.0 Å². The molecule has 0 bridgehead atoms. The molecular formula is C14H27N3O3S. The molecule has 0 spiro atoms. The molecule has 122 valence electrons. The SMILES string of the molecule is CCN(CCCN(C)C)S(=O)(=O)c1cc(CNC)oc1C. The van der Waals surface area contributed by atoms with Gasteiger partial charge in [0.15, 0.2) is 0 Å². The van der Waals surface area contributed by atoms with Gasteiger partial charge in [-0.15, -0.1) is 0 Å². The van der Waals surface area contributed by atoms with E-state index in [0.717, 1.165) is 13.0 Å². The third-order valence-electron chi connectivity index (χ3n) is 3.26. The fourth-order valence-electron chi connectivity index (χ4n) is 2.19. The second-order valence-electron chi connectivity index (χ2n) is 5.32. The Morgan fingerprint density at radius 1 is 1.29 bits per heavy atom. The Bertz CT molecular complexity index is 538. The second kappa shape index (κ2) is 7.93. The van der Waals surface area contributed by atoms with Crippen LogP contribution in [-0.4, -0.2) is 58.4 Å². The van der Waals surface area contributed by atoms with Crippen molar-refractivity contribution in [1.82, 2.24) is 14.5 Å². The lowest BCUT2D eigenvalue weighted by atomic mass is 10.4. The molecule has 7 heteroatoms. The van der Waals surface area contributed by atoms with Gasteiger partial charge in [0.05, 0.1) is 6.54 Å². The molecule has 0 radical (unpaired) electrons. The first-order valence-electron chi connectivity index (χ1n) is 7.21. The summed E-state index contributed by atoms with van der Waals surface area (Å²) < 4.78 is 32.4. The first kappa shape index (κ1) is 18.2. The van der Waals surface area contributed by atoms with Gasteiger partial charge in [-0.05, 0) is 41.0 Å². The van der Waals surface area contributed by atoms with E-state index in [1.54, 1.807) is 20.0 Å². The van der Waals surface area contributed by atoms with Crippen molar-refractivity contribution in [2.24, 2.45) is 0 Å². The van der Waals surface area contributed by atoms with Gasteiger partial charge in [0.25, 0.3) is 0 Å². The molecule has 21 heavy (non-hydrogen) atoms. The molecule has 0 saturated carbocycles. The molecule has 1 aromatic rings. The zero-order chi connectivity index (χ0) is 16.0. The quantitative estimate of drug-likeness (QED) is 0.743. The van der Waals surface area contributed by atoms with E-state index in [-0.39, 0.29) is 4.90 Å². The molecular weight excluding hydrogens is 290 g/mol. The Hall–Kier alpha value is -0.890. The zero-order valence-corrected chi connectivity index (χ0v) is 14.5. The number of rotatable bonds is 9. The second-order valence-corrected chi connectivity index (χ2v) is 7.22. The molecule has 0 unspecified atom stereocenters. The largest absolute Gasteiger partial charge is 0.464 e. The van der Waals surface area contributed by atoms with Gasteiger partial charge in [0.1, 0.15) is 16.4 Å². The lowest BCUT2D eigenvalue weighted by Crippen LogP contribution is -2.33. The Morgan fingerprint density at radius 3 is 2.48 bits per heavy atom. The van der Waals surface area contributed by atoms with Crippen LogP contribution in [0.15, 0.2) is 15.4 Å². The summed E-state index contributed by atoms with van der Waals surface area (Å²) in [5.74, 6) is 1.09. The predicted molar refractivity (Wildman–Crippen MR) is 83.8 cm³/mol. The summed E-state index contributed by atoms with van der Waals surface area (Å²) in [6, 6.07) is 1.62. The molecule has 1 aromatic heterocycles. The van der Waals surface area contributed by atoms with Crippen LogP contribution in [0, 0.1) is 6.92 Å². The van der Waals surface area contributed by atoms with Crippen molar-refractivity contribution in [3.8, 4) is 0 Å². The van der Waals surface area contributed by atoms with E-state index >= 15 is 0 Å². The van der Waals surface area contributed by atoms with Crippen molar-refractivity contribution in [2.75, 3.05) is 40.8 Å². The van der Waals surface area contributed by atoms with Gasteiger partial charge in [0, 0.05) is 19.2 Å². The standard InChI is InChI=1S/C14H27N3O3S/c1-6-17(9-7-8-16(4)5)21(18,19)14-10-13(11-15-3)20-12(14)2/h10,15H,6-9,11H2,1-5H3. The van der Waals surface area contributed by atoms with Gasteiger partial charge in [0.2, 0.25) is 10.0 Å². The summed E-state index contributed by atoms with van der Waals surface area (Å²) in [4.78, 5) is 2.33. The summed E-state index contributed by atoms with van der Waals surface area (Å²) in [5.41, 5.74) is 0. The molecule has 0 aliphatic heterocycles. The Balaban J connectivity index is 2.91. The molecule has 1 rings (SSSR count). The number of hydrogen-bond donors (Lipinski definition) is 1. The van der Waals surface area contributed by atoms with Gasteiger partial charge in [-0.2, -0.15) is 4.31 Å². The minimum absolute atomic E-state index is 0.277. The van der Waals surface area contributed by atoms with Crippen molar-refractivity contribution >= 4 is 10.0 Å². The van der Waals surface area contributed by atoms with Gasteiger partial charge in [-0.3, -0.25) is 0 Å². The summed E-state index contributed by atoms with van der Waals surface area (Å²) in [6.07, 6.45) is 0.806. The maximum atomic E-state index is 12.7. The molecule has 0 amide bonds. The smallest absolute Gasteiger partial charge is 0.246 e. The van der Waals surface area contributed by atoms with E-state index in [1.807, 2.05) is 21.0 Å². The first-order chi connectivity index (χ1) is 9.82. The third kappa shape index (κ3) is 4.81. The van der Waals surface area contributed by atoms with E-state index in [2.05, 4.69) is 10.2 Å². The number of hydrogen-bond acceptors (Lipinski definition) is 5. The van der Waals surface area contributed by atoms with Crippen molar-refractivity contribution < 1.29 is 12.8 Å². The summed E-state index contributed by atoms with van der Waals surface area (Å²) in [7, 11) is 2.28. The molecule has 0 saturated heterocycles. The topological polar surface area (TPSA) is 65.8 Å². The Kier molecular flexibility index (Phi) is 6.86. The van der Waals surface area contributed by atoms with Crippen LogP contribution in [-0.2, 0) is 16.6 Å². The Labute approximate surface area is 128 Å². The van der Waals surface area contributed by atoms with E-state index in [9.17, 15) is 8.42 Å². The van der Waals surface area contributed by atoms with Crippen molar-refractivity contribution in [1.29, 1.82) is 0 Å². The molecule has 6 nitrogen and oxygen atoms in total. The average Bonchev–Trinajstić information content (AvgIpc) is 2.76. The van der Waals surface area contributed by atoms with Crippen LogP contribution in [0.25, 0.3) is 0 Å². The molecule has 0 aliphatic carbocycles. The summed E-state index contributed by atoms with van der Waals surface area (Å²) in [5, 5.41) is 2.96. The normalized spacial score (nSPS) is 12.5. The van der Waals surface area contributed by atoms with Gasteiger partial charge >= 0.3 is 0 Å². The molecule has 0 atom stereocenters. The number of sulfonamides is 1. The van der Waals surface area contributed by atoms with E-state index in [0.29, 0.717) is 31.2 Å². The Morgan fingerprint density at radius 2 is 1.95 bits per heavy atom. The fraction of sp³-hybridized carbons (Fsp3) is 0.714. The molecule has 1 N–H and O–H groups in total. The minimum atomic E-state index is -3.48. The average molecular weight is 317 g/mol. The van der Waals surface area contributed by atoms with Crippen molar-refractivity contribution in [2.45, 2.75) is 31.7 Å². The zero-order valence-electron chi connectivity index (χ0n) is 13.6. The minimum Gasteiger partial charge on any atom is -0.464 e. The van der Waals surface area contributed by atoms with E-state index in [4.69, 9.17) is 4.42 Å². The lowest BCUT2D eigenvalue weighted by Gasteiger charge is -2.21. The van der Waals surface area contributed by atoms with Crippen LogP contribution in [0.2, 0.25) is 0 Å². The highest BCUT2D eigenvalue weighted by Crippen LogP contribution is 2.23. The number of furan rings is 1. The maximum Gasteiger partial charge on any atom is 0.246 e. The number of aryl methyl sites for hydroxylation is 1. The predicted octanol–water partition coefficient (Wildman–Crippen LogP) is 1.27. The maximum absolute atomic E-state index is 12.7. The summed E-state index contributed by atoms with van der Waals surface area (Å²) in [6.45, 7) is 5.91. The highest BCUT2D eigenvalue weighted by Gasteiger charge is 2.27. The van der Waals surface area contributed by atoms with Crippen LogP contribution < -0.4 is 5.32 Å². The van der Waals surface area contributed by atoms with Crippen LogP contribution in [0.4, 0.5) is 0 Å². The highest BCUT2D eigenvalue weighted by molar-refractivity contribution is 7.89. The monoisotopic (exact) mass is 317 g/mol. The van der Waals surface area contributed by atoms with Crippen LogP contribution >= 0.6 is 0 Å². The molecule has 0 fully saturated rings. The van der Waals surface area contributed by atoms with Crippen LogP contribution in [0.5, 0.6) is 0 Å².